The Balaban J connectivity index is 2.28. The Hall–Kier alpha value is -2.29. The first-order valence-corrected chi connectivity index (χ1v) is 6.36. The summed E-state index contributed by atoms with van der Waals surface area (Å²) in [6, 6.07) is 13.9. The number of fused-ring (bicyclic) bond motifs is 3. The maximum Gasteiger partial charge on any atom is 0.338 e. The van der Waals surface area contributed by atoms with Crippen LogP contribution in [0.1, 0.15) is 17.3 Å². The average Bonchev–Trinajstić information content (AvgIpc) is 2.73. The van der Waals surface area contributed by atoms with E-state index in [2.05, 4.69) is 16.7 Å². The van der Waals surface area contributed by atoms with Crippen molar-refractivity contribution in [3.05, 3.63) is 48.0 Å². The first kappa shape index (κ1) is 11.8. The molecule has 1 aromatic heterocycles. The van der Waals surface area contributed by atoms with Crippen LogP contribution in [0.3, 0.4) is 0 Å². The summed E-state index contributed by atoms with van der Waals surface area (Å²) in [5.74, 6) is -0.266. The third-order valence-corrected chi connectivity index (χ3v) is 3.42. The van der Waals surface area contributed by atoms with E-state index in [0.29, 0.717) is 12.2 Å². The molecule has 0 spiro atoms. The summed E-state index contributed by atoms with van der Waals surface area (Å²) in [4.78, 5) is 11.8. The summed E-state index contributed by atoms with van der Waals surface area (Å²) in [5, 5.41) is 2.25. The number of benzene rings is 2. The van der Waals surface area contributed by atoms with Gasteiger partial charge in [0.15, 0.2) is 0 Å². The van der Waals surface area contributed by atoms with Gasteiger partial charge >= 0.3 is 5.97 Å². The lowest BCUT2D eigenvalue weighted by atomic mass is 10.1. The summed E-state index contributed by atoms with van der Waals surface area (Å²) >= 11 is 0. The van der Waals surface area contributed by atoms with Crippen molar-refractivity contribution in [1.29, 1.82) is 0 Å². The van der Waals surface area contributed by atoms with E-state index in [4.69, 9.17) is 4.74 Å². The summed E-state index contributed by atoms with van der Waals surface area (Å²) in [6.45, 7) is 2.21. The van der Waals surface area contributed by atoms with E-state index >= 15 is 0 Å². The second-order valence-corrected chi connectivity index (χ2v) is 4.53. The van der Waals surface area contributed by atoms with Gasteiger partial charge in [0.25, 0.3) is 0 Å². The minimum atomic E-state index is -0.266. The lowest BCUT2D eigenvalue weighted by molar-refractivity contribution is 0.0526. The molecule has 0 aliphatic heterocycles. The number of ether oxygens (including phenoxy) is 1. The van der Waals surface area contributed by atoms with Crippen molar-refractivity contribution in [3.8, 4) is 0 Å². The minimum absolute atomic E-state index is 0.266. The Morgan fingerprint density at radius 3 is 2.63 bits per heavy atom. The van der Waals surface area contributed by atoms with Gasteiger partial charge in [-0.15, -0.1) is 0 Å². The van der Waals surface area contributed by atoms with Crippen LogP contribution in [0.2, 0.25) is 0 Å². The van der Waals surface area contributed by atoms with E-state index in [0.717, 1.165) is 16.3 Å². The molecule has 0 radical (unpaired) electrons. The molecule has 3 aromatic rings. The maximum atomic E-state index is 11.8. The molecular formula is C16H15NO2. The quantitative estimate of drug-likeness (QED) is 0.654. The number of carbonyl (C=O) groups is 1. The molecular weight excluding hydrogens is 238 g/mol. The minimum Gasteiger partial charge on any atom is -0.462 e. The molecule has 3 heteroatoms. The molecule has 2 aromatic carbocycles. The third kappa shape index (κ3) is 1.78. The fourth-order valence-corrected chi connectivity index (χ4v) is 2.51. The maximum absolute atomic E-state index is 11.8. The van der Waals surface area contributed by atoms with E-state index in [1.807, 2.05) is 44.3 Å². The molecule has 0 saturated heterocycles. The Labute approximate surface area is 111 Å². The number of aromatic nitrogens is 1. The van der Waals surface area contributed by atoms with E-state index in [1.165, 1.54) is 5.52 Å². The Kier molecular flexibility index (Phi) is 2.75. The fraction of sp³-hybridized carbons (Fsp3) is 0.188. The summed E-state index contributed by atoms with van der Waals surface area (Å²) in [5.41, 5.74) is 2.89. The standard InChI is InChI=1S/C16H15NO2/c1-3-19-16(18)11-8-9-15-13(10-11)12-6-4-5-7-14(12)17(15)2/h4-10H,3H2,1-2H3. The van der Waals surface area contributed by atoms with Crippen LogP contribution in [0, 0.1) is 0 Å². The van der Waals surface area contributed by atoms with Gasteiger partial charge in [-0.05, 0) is 31.2 Å². The summed E-state index contributed by atoms with van der Waals surface area (Å²) in [6.07, 6.45) is 0. The lowest BCUT2D eigenvalue weighted by Gasteiger charge is -2.02. The molecule has 96 valence electrons. The van der Waals surface area contributed by atoms with Gasteiger partial charge in [0, 0.05) is 28.9 Å². The van der Waals surface area contributed by atoms with Crippen LogP contribution in [0.4, 0.5) is 0 Å². The number of para-hydroxylation sites is 1. The van der Waals surface area contributed by atoms with Crippen LogP contribution in [0.25, 0.3) is 21.8 Å². The van der Waals surface area contributed by atoms with Crippen molar-refractivity contribution in [2.24, 2.45) is 7.05 Å². The third-order valence-electron chi connectivity index (χ3n) is 3.42. The molecule has 3 rings (SSSR count). The van der Waals surface area contributed by atoms with Crippen LogP contribution >= 0.6 is 0 Å². The molecule has 0 aliphatic rings. The lowest BCUT2D eigenvalue weighted by Crippen LogP contribution is -2.04. The SMILES string of the molecule is CCOC(=O)c1ccc2c(c1)c1ccccc1n2C. The van der Waals surface area contributed by atoms with Gasteiger partial charge in [-0.2, -0.15) is 0 Å². The first-order valence-electron chi connectivity index (χ1n) is 6.36. The van der Waals surface area contributed by atoms with Crippen LogP contribution in [0.5, 0.6) is 0 Å². The number of hydrogen-bond donors (Lipinski definition) is 0. The molecule has 3 nitrogen and oxygen atoms in total. The highest BCUT2D eigenvalue weighted by molar-refractivity contribution is 6.10. The van der Waals surface area contributed by atoms with E-state index in [9.17, 15) is 4.79 Å². The highest BCUT2D eigenvalue weighted by Gasteiger charge is 2.11. The number of hydrogen-bond acceptors (Lipinski definition) is 2. The van der Waals surface area contributed by atoms with Gasteiger partial charge < -0.3 is 9.30 Å². The predicted octanol–water partition coefficient (Wildman–Crippen LogP) is 3.51. The normalized spacial score (nSPS) is 11.1. The van der Waals surface area contributed by atoms with Gasteiger partial charge in [-0.25, -0.2) is 4.79 Å². The molecule has 0 amide bonds. The second kappa shape index (κ2) is 4.43. The first-order chi connectivity index (χ1) is 9.22. The molecule has 1 heterocycles. The zero-order chi connectivity index (χ0) is 13.4. The van der Waals surface area contributed by atoms with Gasteiger partial charge in [0.05, 0.1) is 12.2 Å². The van der Waals surface area contributed by atoms with Gasteiger partial charge in [-0.3, -0.25) is 0 Å². The molecule has 0 bridgehead atoms. The van der Waals surface area contributed by atoms with Crippen LogP contribution in [-0.2, 0) is 11.8 Å². The highest BCUT2D eigenvalue weighted by Crippen LogP contribution is 2.28. The molecule has 0 aliphatic carbocycles. The molecule has 0 saturated carbocycles. The number of nitrogens with zero attached hydrogens (tertiary/aromatic N) is 1. The topological polar surface area (TPSA) is 31.2 Å². The Morgan fingerprint density at radius 1 is 1.11 bits per heavy atom. The van der Waals surface area contributed by atoms with Crippen molar-refractivity contribution in [3.63, 3.8) is 0 Å². The van der Waals surface area contributed by atoms with Crippen LogP contribution in [0.15, 0.2) is 42.5 Å². The van der Waals surface area contributed by atoms with Crippen LogP contribution in [-0.4, -0.2) is 17.1 Å². The van der Waals surface area contributed by atoms with Gasteiger partial charge in [0.2, 0.25) is 0 Å². The van der Waals surface area contributed by atoms with Crippen molar-refractivity contribution >= 4 is 27.8 Å². The largest absolute Gasteiger partial charge is 0.462 e. The Morgan fingerprint density at radius 2 is 1.84 bits per heavy atom. The summed E-state index contributed by atoms with van der Waals surface area (Å²) < 4.78 is 7.19. The zero-order valence-electron chi connectivity index (χ0n) is 11.0. The summed E-state index contributed by atoms with van der Waals surface area (Å²) in [7, 11) is 2.04. The average molecular weight is 253 g/mol. The molecule has 0 N–H and O–H groups in total. The zero-order valence-corrected chi connectivity index (χ0v) is 11.0. The molecule has 19 heavy (non-hydrogen) atoms. The van der Waals surface area contributed by atoms with Gasteiger partial charge in [-0.1, -0.05) is 18.2 Å². The number of carbonyl (C=O) groups excluding carboxylic acids is 1. The number of rotatable bonds is 2. The second-order valence-electron chi connectivity index (χ2n) is 4.53. The number of esters is 1. The monoisotopic (exact) mass is 253 g/mol. The van der Waals surface area contributed by atoms with Crippen molar-refractivity contribution in [2.75, 3.05) is 6.61 Å². The molecule has 0 fully saturated rings. The fourth-order valence-electron chi connectivity index (χ4n) is 2.51. The number of aryl methyl sites for hydroxylation is 1. The smallest absolute Gasteiger partial charge is 0.338 e. The molecule has 0 atom stereocenters. The predicted molar refractivity (Wildman–Crippen MR) is 76.4 cm³/mol. The van der Waals surface area contributed by atoms with Crippen molar-refractivity contribution in [2.45, 2.75) is 6.92 Å². The van der Waals surface area contributed by atoms with E-state index in [-0.39, 0.29) is 5.97 Å². The van der Waals surface area contributed by atoms with E-state index < -0.39 is 0 Å². The van der Waals surface area contributed by atoms with Crippen LogP contribution < -0.4 is 0 Å². The van der Waals surface area contributed by atoms with E-state index in [1.54, 1.807) is 0 Å². The highest BCUT2D eigenvalue weighted by atomic mass is 16.5. The van der Waals surface area contributed by atoms with Gasteiger partial charge in [0.1, 0.15) is 0 Å². The Bertz CT molecular complexity index is 771. The van der Waals surface area contributed by atoms with Crippen molar-refractivity contribution < 1.29 is 9.53 Å². The molecule has 0 unspecified atom stereocenters. The van der Waals surface area contributed by atoms with Crippen molar-refractivity contribution in [1.82, 2.24) is 4.57 Å².